The summed E-state index contributed by atoms with van der Waals surface area (Å²) in [6.07, 6.45) is 0.517. The van der Waals surface area contributed by atoms with Crippen molar-refractivity contribution in [3.05, 3.63) is 20.5 Å². The molecule has 0 aliphatic heterocycles. The van der Waals surface area contributed by atoms with Crippen LogP contribution in [0.4, 0.5) is 17.5 Å². The number of carbonyl (C=O) groups excluding carboxylic acids is 1. The number of nitrogen functional groups attached to an aromatic ring is 1. The summed E-state index contributed by atoms with van der Waals surface area (Å²) in [5.74, 6) is -0.595. The molecule has 0 aromatic carbocycles. The molecule has 0 saturated carbocycles. The van der Waals surface area contributed by atoms with Gasteiger partial charge in [0.2, 0.25) is 11.8 Å². The van der Waals surface area contributed by atoms with Crippen LogP contribution in [0.2, 0.25) is 0 Å². The molecule has 1 heterocycles. The smallest absolute Gasteiger partial charge is 0.369 e. The second-order valence-corrected chi connectivity index (χ2v) is 2.97. The Labute approximate surface area is 88.8 Å². The van der Waals surface area contributed by atoms with Crippen molar-refractivity contribution >= 4 is 23.7 Å². The maximum Gasteiger partial charge on any atom is 0.375 e. The molecule has 16 heavy (non-hydrogen) atoms. The Morgan fingerprint density at radius 2 is 2.31 bits per heavy atom. The topological polar surface area (TPSA) is 144 Å². The van der Waals surface area contributed by atoms with E-state index in [9.17, 15) is 19.7 Å². The minimum Gasteiger partial charge on any atom is -0.369 e. The zero-order chi connectivity index (χ0) is 12.3. The Morgan fingerprint density at radius 3 is 2.81 bits per heavy atom. The lowest BCUT2D eigenvalue weighted by Crippen LogP contribution is -2.23. The summed E-state index contributed by atoms with van der Waals surface area (Å²) in [7, 11) is 0. The van der Waals surface area contributed by atoms with E-state index in [0.717, 1.165) is 0 Å². The van der Waals surface area contributed by atoms with Gasteiger partial charge in [-0.15, -0.1) is 0 Å². The van der Waals surface area contributed by atoms with Crippen LogP contribution in [0.1, 0.15) is 6.92 Å². The van der Waals surface area contributed by atoms with Crippen molar-refractivity contribution in [2.45, 2.75) is 13.0 Å². The number of aldehydes is 1. The van der Waals surface area contributed by atoms with Gasteiger partial charge >= 0.3 is 11.2 Å². The largest absolute Gasteiger partial charge is 0.375 e. The van der Waals surface area contributed by atoms with Gasteiger partial charge in [0.15, 0.2) is 0 Å². The van der Waals surface area contributed by atoms with Crippen LogP contribution in [0.25, 0.3) is 0 Å². The fraction of sp³-hybridized carbons (Fsp3) is 0.286. The summed E-state index contributed by atoms with van der Waals surface area (Å²) in [5.41, 5.74) is 3.48. The van der Waals surface area contributed by atoms with Crippen molar-refractivity contribution in [1.82, 2.24) is 9.97 Å². The SMILES string of the molecule is C[C@@H](C=O)Nc1nc(N)[nH]c(=O)c1[N+](=O)[O-]. The molecule has 0 bridgehead atoms. The minimum absolute atomic E-state index is 0.267. The van der Waals surface area contributed by atoms with Crippen molar-refractivity contribution in [3.63, 3.8) is 0 Å². The molecule has 86 valence electrons. The zero-order valence-electron chi connectivity index (χ0n) is 8.26. The number of nitrogens with two attached hydrogens (primary N) is 1. The van der Waals surface area contributed by atoms with Gasteiger partial charge in [-0.25, -0.2) is 0 Å². The predicted octanol–water partition coefficient (Wildman–Crippen LogP) is -0.740. The van der Waals surface area contributed by atoms with Crippen LogP contribution in [0.5, 0.6) is 0 Å². The van der Waals surface area contributed by atoms with Gasteiger partial charge in [0, 0.05) is 0 Å². The number of H-pyrrole nitrogens is 1. The summed E-state index contributed by atoms with van der Waals surface area (Å²) < 4.78 is 0. The third-order valence-corrected chi connectivity index (χ3v) is 1.66. The van der Waals surface area contributed by atoms with Gasteiger partial charge < -0.3 is 15.8 Å². The number of hydrogen-bond donors (Lipinski definition) is 3. The highest BCUT2D eigenvalue weighted by Gasteiger charge is 2.22. The van der Waals surface area contributed by atoms with Gasteiger partial charge in [0.1, 0.15) is 6.29 Å². The van der Waals surface area contributed by atoms with E-state index >= 15 is 0 Å². The molecule has 0 radical (unpaired) electrons. The van der Waals surface area contributed by atoms with Crippen molar-refractivity contribution < 1.29 is 9.72 Å². The zero-order valence-corrected chi connectivity index (χ0v) is 8.26. The van der Waals surface area contributed by atoms with E-state index < -0.39 is 22.2 Å². The molecular weight excluding hydrogens is 218 g/mol. The summed E-state index contributed by atoms with van der Waals surface area (Å²) in [6.45, 7) is 1.45. The number of nitrogens with one attached hydrogen (secondary N) is 2. The third kappa shape index (κ3) is 2.32. The average Bonchev–Trinajstić information content (AvgIpc) is 2.15. The molecule has 1 atom stereocenters. The first-order chi connectivity index (χ1) is 7.45. The van der Waals surface area contributed by atoms with E-state index in [4.69, 9.17) is 5.73 Å². The quantitative estimate of drug-likeness (QED) is 0.349. The van der Waals surface area contributed by atoms with Crippen LogP contribution in [0.3, 0.4) is 0 Å². The molecule has 0 aliphatic rings. The molecule has 1 aromatic rings. The highest BCUT2D eigenvalue weighted by Crippen LogP contribution is 2.17. The molecule has 0 aliphatic carbocycles. The number of aromatic amines is 1. The highest BCUT2D eigenvalue weighted by atomic mass is 16.6. The molecule has 0 saturated heterocycles. The van der Waals surface area contributed by atoms with Crippen molar-refractivity contribution in [2.75, 3.05) is 11.1 Å². The second-order valence-electron chi connectivity index (χ2n) is 2.97. The minimum atomic E-state index is -0.974. The standard InChI is InChI=1S/C7H9N5O4/c1-3(2-13)9-5-4(12(15)16)6(14)11-7(8)10-5/h2-3H,1H3,(H4,8,9,10,11,14)/t3-/m0/s1. The van der Waals surface area contributed by atoms with Crippen LogP contribution in [0.15, 0.2) is 4.79 Å². The molecular formula is C7H9N5O4. The Morgan fingerprint density at radius 1 is 1.69 bits per heavy atom. The van der Waals surface area contributed by atoms with Crippen molar-refractivity contribution in [2.24, 2.45) is 0 Å². The van der Waals surface area contributed by atoms with Gasteiger partial charge in [-0.05, 0) is 6.92 Å². The normalized spacial score (nSPS) is 11.8. The Balaban J connectivity index is 3.29. The fourth-order valence-electron chi connectivity index (χ4n) is 1.00. The van der Waals surface area contributed by atoms with Crippen LogP contribution in [-0.2, 0) is 4.79 Å². The van der Waals surface area contributed by atoms with Crippen molar-refractivity contribution in [1.29, 1.82) is 0 Å². The van der Waals surface area contributed by atoms with Crippen molar-refractivity contribution in [3.8, 4) is 0 Å². The number of nitro groups is 1. The highest BCUT2D eigenvalue weighted by molar-refractivity contribution is 5.66. The number of nitrogens with zero attached hydrogens (tertiary/aromatic N) is 2. The van der Waals surface area contributed by atoms with Gasteiger partial charge in [-0.1, -0.05) is 0 Å². The lowest BCUT2D eigenvalue weighted by Gasteiger charge is -2.07. The Bertz CT molecular complexity index is 482. The summed E-state index contributed by atoms with van der Waals surface area (Å²) in [6, 6.07) is -0.715. The number of hydrogen-bond acceptors (Lipinski definition) is 7. The Hall–Kier alpha value is -2.45. The van der Waals surface area contributed by atoms with Gasteiger partial charge in [-0.3, -0.25) is 19.9 Å². The molecule has 0 spiro atoms. The van der Waals surface area contributed by atoms with E-state index in [2.05, 4.69) is 10.3 Å². The molecule has 9 nitrogen and oxygen atoms in total. The lowest BCUT2D eigenvalue weighted by atomic mass is 10.3. The van der Waals surface area contributed by atoms with E-state index in [1.54, 1.807) is 0 Å². The van der Waals surface area contributed by atoms with E-state index in [1.165, 1.54) is 6.92 Å². The second kappa shape index (κ2) is 4.38. The van der Waals surface area contributed by atoms with E-state index in [-0.39, 0.29) is 11.8 Å². The summed E-state index contributed by atoms with van der Waals surface area (Å²) in [4.78, 5) is 36.9. The maximum absolute atomic E-state index is 11.2. The number of anilines is 2. The molecule has 4 N–H and O–H groups in total. The maximum atomic E-state index is 11.2. The van der Waals surface area contributed by atoms with Crippen LogP contribution in [-0.4, -0.2) is 27.2 Å². The molecule has 1 rings (SSSR count). The molecule has 9 heteroatoms. The first-order valence-corrected chi connectivity index (χ1v) is 4.21. The first kappa shape index (κ1) is 11.6. The first-order valence-electron chi connectivity index (χ1n) is 4.21. The number of aromatic nitrogens is 2. The lowest BCUT2D eigenvalue weighted by molar-refractivity contribution is -0.385. The molecule has 1 aromatic heterocycles. The van der Waals surface area contributed by atoms with E-state index in [1.807, 2.05) is 4.98 Å². The monoisotopic (exact) mass is 227 g/mol. The van der Waals surface area contributed by atoms with E-state index in [0.29, 0.717) is 6.29 Å². The molecule has 0 amide bonds. The van der Waals surface area contributed by atoms with Gasteiger partial charge in [0.05, 0.1) is 11.0 Å². The number of carbonyl (C=O) groups is 1. The predicted molar refractivity (Wildman–Crippen MR) is 55.1 cm³/mol. The molecule has 0 unspecified atom stereocenters. The van der Waals surface area contributed by atoms with Gasteiger partial charge in [0.25, 0.3) is 0 Å². The number of rotatable bonds is 4. The van der Waals surface area contributed by atoms with Crippen LogP contribution < -0.4 is 16.6 Å². The summed E-state index contributed by atoms with van der Waals surface area (Å²) >= 11 is 0. The fourth-order valence-corrected chi connectivity index (χ4v) is 1.00. The third-order valence-electron chi connectivity index (χ3n) is 1.66. The summed E-state index contributed by atoms with van der Waals surface area (Å²) in [5, 5.41) is 13.0. The molecule has 0 fully saturated rings. The van der Waals surface area contributed by atoms with Crippen LogP contribution in [0, 0.1) is 10.1 Å². The average molecular weight is 227 g/mol. The van der Waals surface area contributed by atoms with Gasteiger partial charge in [-0.2, -0.15) is 4.98 Å². The Kier molecular flexibility index (Phi) is 3.18. The van der Waals surface area contributed by atoms with Crippen LogP contribution >= 0.6 is 0 Å².